The molecule has 122 valence electrons. The van der Waals surface area contributed by atoms with Crippen molar-refractivity contribution in [1.82, 2.24) is 10.9 Å². The van der Waals surface area contributed by atoms with Crippen molar-refractivity contribution in [2.45, 2.75) is 19.3 Å². The Morgan fingerprint density at radius 2 is 1.75 bits per heavy atom. The van der Waals surface area contributed by atoms with Crippen LogP contribution in [0.1, 0.15) is 36.2 Å². The van der Waals surface area contributed by atoms with E-state index in [0.717, 1.165) is 19.3 Å². The van der Waals surface area contributed by atoms with Crippen LogP contribution < -0.4 is 10.9 Å². The van der Waals surface area contributed by atoms with Gasteiger partial charge in [-0.2, -0.15) is 0 Å². The van der Waals surface area contributed by atoms with Gasteiger partial charge in [-0.25, -0.2) is 4.39 Å². The highest BCUT2D eigenvalue weighted by atomic mass is 32.1. The van der Waals surface area contributed by atoms with Gasteiger partial charge in [-0.15, -0.1) is 22.7 Å². The number of hydrogen-bond acceptors (Lipinski definition) is 4. The minimum atomic E-state index is -0.451. The molecule has 7 heteroatoms. The maximum absolute atomic E-state index is 13.7. The van der Waals surface area contributed by atoms with Gasteiger partial charge in [0.15, 0.2) is 0 Å². The third-order valence-electron chi connectivity index (χ3n) is 3.99. The first-order valence-electron chi connectivity index (χ1n) is 7.52. The van der Waals surface area contributed by atoms with Gasteiger partial charge >= 0.3 is 0 Å². The summed E-state index contributed by atoms with van der Waals surface area (Å²) in [5.41, 5.74) is 6.06. The fraction of sp³-hybridized carbons (Fsp3) is 0.176. The van der Waals surface area contributed by atoms with Gasteiger partial charge in [0.25, 0.3) is 11.8 Å². The van der Waals surface area contributed by atoms with Crippen LogP contribution in [0.2, 0.25) is 0 Å². The molecule has 0 spiro atoms. The van der Waals surface area contributed by atoms with E-state index in [0.29, 0.717) is 19.8 Å². The normalized spacial score (nSPS) is 13.0. The molecule has 4 nitrogen and oxygen atoms in total. The Morgan fingerprint density at radius 1 is 1.00 bits per heavy atom. The molecule has 2 N–H and O–H groups in total. The molecule has 0 saturated heterocycles. The van der Waals surface area contributed by atoms with Crippen LogP contribution in [0.3, 0.4) is 0 Å². The Hall–Kier alpha value is -2.25. The molecular formula is C17H13FN2O2S2. The lowest BCUT2D eigenvalue weighted by Gasteiger charge is -2.04. The van der Waals surface area contributed by atoms with Gasteiger partial charge in [0.05, 0.1) is 9.75 Å². The lowest BCUT2D eigenvalue weighted by atomic mass is 10.2. The number of carbonyl (C=O) groups excluding carboxylic acids is 2. The van der Waals surface area contributed by atoms with Gasteiger partial charge < -0.3 is 0 Å². The van der Waals surface area contributed by atoms with Crippen LogP contribution in [0, 0.1) is 5.82 Å². The minimum Gasteiger partial charge on any atom is -0.266 e. The van der Waals surface area contributed by atoms with Gasteiger partial charge in [0.2, 0.25) is 0 Å². The smallest absolute Gasteiger partial charge is 0.266 e. The van der Waals surface area contributed by atoms with E-state index in [1.807, 2.05) is 6.07 Å². The van der Waals surface area contributed by atoms with Crippen LogP contribution in [0.25, 0.3) is 10.1 Å². The summed E-state index contributed by atoms with van der Waals surface area (Å²) in [5, 5.41) is 0.411. The molecule has 0 saturated carbocycles. The third kappa shape index (κ3) is 2.70. The Bertz CT molecular complexity index is 939. The number of hydrazine groups is 1. The molecule has 1 aliphatic rings. The second-order valence-electron chi connectivity index (χ2n) is 5.58. The standard InChI is InChI=1S/C17H13FN2O2S2/c18-11-4-2-6-13-10(11)8-15(24-13)17(22)20-19-16(21)14-7-9-3-1-5-12(9)23-14/h2,4,6-8H,1,3,5H2,(H,19,21)(H,20,22). The Morgan fingerprint density at radius 3 is 2.46 bits per heavy atom. The number of benzene rings is 1. The Kier molecular flexibility index (Phi) is 3.82. The highest BCUT2D eigenvalue weighted by molar-refractivity contribution is 7.20. The zero-order valence-electron chi connectivity index (χ0n) is 12.5. The fourth-order valence-electron chi connectivity index (χ4n) is 2.81. The van der Waals surface area contributed by atoms with E-state index < -0.39 is 5.91 Å². The summed E-state index contributed by atoms with van der Waals surface area (Å²) in [5.74, 6) is -1.14. The summed E-state index contributed by atoms with van der Waals surface area (Å²) in [6.07, 6.45) is 3.17. The molecule has 24 heavy (non-hydrogen) atoms. The highest BCUT2D eigenvalue weighted by Gasteiger charge is 2.19. The first-order valence-corrected chi connectivity index (χ1v) is 9.15. The van der Waals surface area contributed by atoms with Crippen molar-refractivity contribution in [3.8, 4) is 0 Å². The highest BCUT2D eigenvalue weighted by Crippen LogP contribution is 2.30. The van der Waals surface area contributed by atoms with Gasteiger partial charge in [-0.1, -0.05) is 6.07 Å². The number of hydrogen-bond donors (Lipinski definition) is 2. The predicted octanol–water partition coefficient (Wildman–Crippen LogP) is 3.67. The molecule has 0 fully saturated rings. The van der Waals surface area contributed by atoms with Crippen molar-refractivity contribution in [3.63, 3.8) is 0 Å². The fourth-order valence-corrected chi connectivity index (χ4v) is 4.93. The lowest BCUT2D eigenvalue weighted by Crippen LogP contribution is -2.41. The van der Waals surface area contributed by atoms with Crippen molar-refractivity contribution in [1.29, 1.82) is 0 Å². The topological polar surface area (TPSA) is 58.2 Å². The van der Waals surface area contributed by atoms with Crippen LogP contribution >= 0.6 is 22.7 Å². The SMILES string of the molecule is O=C(NNC(=O)c1cc2c(F)cccc2s1)c1cc2c(s1)CCC2. The van der Waals surface area contributed by atoms with Crippen molar-refractivity contribution >= 4 is 44.6 Å². The van der Waals surface area contributed by atoms with Crippen molar-refractivity contribution in [3.05, 3.63) is 56.3 Å². The quantitative estimate of drug-likeness (QED) is 0.685. The maximum Gasteiger partial charge on any atom is 0.279 e. The summed E-state index contributed by atoms with van der Waals surface area (Å²) in [6, 6.07) is 8.10. The van der Waals surface area contributed by atoms with E-state index in [4.69, 9.17) is 0 Å². The van der Waals surface area contributed by atoms with Crippen LogP contribution in [-0.4, -0.2) is 11.8 Å². The molecule has 1 aliphatic carbocycles. The lowest BCUT2D eigenvalue weighted by molar-refractivity contribution is 0.0851. The predicted molar refractivity (Wildman–Crippen MR) is 93.1 cm³/mol. The van der Waals surface area contributed by atoms with Crippen LogP contribution in [0.5, 0.6) is 0 Å². The molecule has 2 heterocycles. The molecule has 0 unspecified atom stereocenters. The largest absolute Gasteiger partial charge is 0.279 e. The number of rotatable bonds is 2. The van der Waals surface area contributed by atoms with Crippen molar-refractivity contribution < 1.29 is 14.0 Å². The average Bonchev–Trinajstić information content (AvgIpc) is 3.25. The van der Waals surface area contributed by atoms with E-state index in [1.54, 1.807) is 12.1 Å². The third-order valence-corrected chi connectivity index (χ3v) is 6.33. The van der Waals surface area contributed by atoms with Gasteiger partial charge in [0.1, 0.15) is 5.82 Å². The van der Waals surface area contributed by atoms with E-state index in [2.05, 4.69) is 10.9 Å². The zero-order valence-corrected chi connectivity index (χ0v) is 14.2. The summed E-state index contributed by atoms with van der Waals surface area (Å²) >= 11 is 2.66. The summed E-state index contributed by atoms with van der Waals surface area (Å²) in [4.78, 5) is 26.5. The molecule has 0 aliphatic heterocycles. The average molecular weight is 360 g/mol. The molecule has 0 radical (unpaired) electrons. The summed E-state index contributed by atoms with van der Waals surface area (Å²) < 4.78 is 14.4. The molecule has 1 aromatic carbocycles. The maximum atomic E-state index is 13.7. The number of carbonyl (C=O) groups is 2. The molecular weight excluding hydrogens is 347 g/mol. The van der Waals surface area contributed by atoms with Crippen LogP contribution in [0.15, 0.2) is 30.3 Å². The van der Waals surface area contributed by atoms with E-state index in [9.17, 15) is 14.0 Å². The monoisotopic (exact) mass is 360 g/mol. The number of amides is 2. The van der Waals surface area contributed by atoms with Crippen LogP contribution in [0.4, 0.5) is 4.39 Å². The van der Waals surface area contributed by atoms with Crippen molar-refractivity contribution in [2.75, 3.05) is 0 Å². The van der Waals surface area contributed by atoms with Gasteiger partial charge in [-0.3, -0.25) is 20.4 Å². The molecule has 0 atom stereocenters. The molecule has 4 rings (SSSR count). The number of thiophene rings is 2. The molecule has 2 amide bonds. The number of halogens is 1. The van der Waals surface area contributed by atoms with Crippen LogP contribution in [-0.2, 0) is 12.8 Å². The van der Waals surface area contributed by atoms with Gasteiger partial charge in [0, 0.05) is 15.0 Å². The summed E-state index contributed by atoms with van der Waals surface area (Å²) in [6.45, 7) is 0. The Balaban J connectivity index is 1.45. The van der Waals surface area contributed by atoms with E-state index >= 15 is 0 Å². The second-order valence-corrected chi connectivity index (χ2v) is 7.80. The van der Waals surface area contributed by atoms with E-state index in [1.165, 1.54) is 45.2 Å². The number of fused-ring (bicyclic) bond motifs is 2. The number of nitrogens with one attached hydrogen (secondary N) is 2. The minimum absolute atomic E-state index is 0.324. The molecule has 0 bridgehead atoms. The first-order chi connectivity index (χ1) is 11.6. The first kappa shape index (κ1) is 15.3. The number of aryl methyl sites for hydroxylation is 2. The Labute approximate surface area is 145 Å². The second kappa shape index (κ2) is 5.99. The molecule has 2 aromatic heterocycles. The summed E-state index contributed by atoms with van der Waals surface area (Å²) in [7, 11) is 0. The van der Waals surface area contributed by atoms with E-state index in [-0.39, 0.29) is 11.7 Å². The van der Waals surface area contributed by atoms with Crippen molar-refractivity contribution in [2.24, 2.45) is 0 Å². The van der Waals surface area contributed by atoms with Gasteiger partial charge in [-0.05, 0) is 49.1 Å². The molecule has 3 aromatic rings. The zero-order chi connectivity index (χ0) is 16.7.